The Balaban J connectivity index is 1.70. The minimum absolute atomic E-state index is 0.205. The van der Waals surface area contributed by atoms with Crippen LogP contribution >= 0.6 is 22.6 Å². The lowest BCUT2D eigenvalue weighted by molar-refractivity contribution is 0.403. The SMILES string of the molecule is Cc1ccc(C#Cc2ccc(C#Cc3ccc(I)cc3)c(C3CCC3)c2F)cc1. The molecule has 0 aliphatic heterocycles. The molecule has 0 nitrogen and oxygen atoms in total. The Hall–Kier alpha value is -2.56. The fourth-order valence-corrected chi connectivity index (χ4v) is 3.70. The molecule has 0 amide bonds. The molecule has 3 aromatic carbocycles. The zero-order valence-electron chi connectivity index (χ0n) is 16.2. The molecule has 1 fully saturated rings. The van der Waals surface area contributed by atoms with Gasteiger partial charge in [0.2, 0.25) is 0 Å². The molecule has 0 aromatic heterocycles. The topological polar surface area (TPSA) is 0 Å². The van der Waals surface area contributed by atoms with Crippen molar-refractivity contribution in [2.24, 2.45) is 0 Å². The van der Waals surface area contributed by atoms with E-state index in [0.717, 1.165) is 41.5 Å². The normalized spacial score (nSPS) is 12.9. The van der Waals surface area contributed by atoms with Crippen molar-refractivity contribution in [1.82, 2.24) is 0 Å². The first-order chi connectivity index (χ1) is 14.1. The van der Waals surface area contributed by atoms with Crippen molar-refractivity contribution in [2.75, 3.05) is 0 Å². The number of hydrogen-bond donors (Lipinski definition) is 0. The Morgan fingerprint density at radius 2 is 1.31 bits per heavy atom. The van der Waals surface area contributed by atoms with Crippen LogP contribution in [0, 0.1) is 40.0 Å². The highest BCUT2D eigenvalue weighted by Crippen LogP contribution is 2.40. The van der Waals surface area contributed by atoms with E-state index in [4.69, 9.17) is 0 Å². The van der Waals surface area contributed by atoms with E-state index in [0.29, 0.717) is 5.56 Å². The van der Waals surface area contributed by atoms with Crippen molar-refractivity contribution in [2.45, 2.75) is 32.1 Å². The molecule has 0 heterocycles. The molecular weight excluding hydrogens is 470 g/mol. The largest absolute Gasteiger partial charge is 0.205 e. The predicted octanol–water partition coefficient (Wildman–Crippen LogP) is 6.81. The van der Waals surface area contributed by atoms with E-state index in [-0.39, 0.29) is 11.7 Å². The molecule has 142 valence electrons. The Labute approximate surface area is 185 Å². The maximum atomic E-state index is 15.4. The molecule has 0 N–H and O–H groups in total. The molecule has 0 unspecified atom stereocenters. The first kappa shape index (κ1) is 19.7. The van der Waals surface area contributed by atoms with Gasteiger partial charge in [0.05, 0.1) is 5.56 Å². The Bertz CT molecular complexity index is 1150. The molecule has 0 spiro atoms. The van der Waals surface area contributed by atoms with Crippen LogP contribution in [-0.4, -0.2) is 0 Å². The lowest BCUT2D eigenvalue weighted by Crippen LogP contribution is -2.13. The van der Waals surface area contributed by atoms with Gasteiger partial charge in [-0.05, 0) is 96.8 Å². The maximum Gasteiger partial charge on any atom is 0.143 e. The smallest absolute Gasteiger partial charge is 0.143 e. The third kappa shape index (κ3) is 4.72. The molecule has 1 saturated carbocycles. The van der Waals surface area contributed by atoms with Crippen LogP contribution in [0.25, 0.3) is 0 Å². The van der Waals surface area contributed by atoms with Crippen LogP contribution in [0.2, 0.25) is 0 Å². The van der Waals surface area contributed by atoms with Crippen LogP contribution in [-0.2, 0) is 0 Å². The van der Waals surface area contributed by atoms with Crippen molar-refractivity contribution < 1.29 is 4.39 Å². The quantitative estimate of drug-likeness (QED) is 0.260. The van der Waals surface area contributed by atoms with Gasteiger partial charge >= 0.3 is 0 Å². The van der Waals surface area contributed by atoms with Gasteiger partial charge in [-0.2, -0.15) is 0 Å². The van der Waals surface area contributed by atoms with Gasteiger partial charge in [-0.3, -0.25) is 0 Å². The number of halogens is 2. The summed E-state index contributed by atoms with van der Waals surface area (Å²) in [6.45, 7) is 2.04. The zero-order chi connectivity index (χ0) is 20.2. The number of aryl methyl sites for hydroxylation is 1. The van der Waals surface area contributed by atoms with Crippen molar-refractivity contribution in [3.05, 3.63) is 103 Å². The van der Waals surface area contributed by atoms with E-state index in [1.165, 1.54) is 9.13 Å². The molecule has 2 heteroatoms. The minimum Gasteiger partial charge on any atom is -0.205 e. The highest BCUT2D eigenvalue weighted by molar-refractivity contribution is 14.1. The third-order valence-electron chi connectivity index (χ3n) is 5.27. The zero-order valence-corrected chi connectivity index (χ0v) is 18.4. The predicted molar refractivity (Wildman–Crippen MR) is 125 cm³/mol. The minimum atomic E-state index is -0.205. The van der Waals surface area contributed by atoms with Crippen molar-refractivity contribution in [3.63, 3.8) is 0 Å². The summed E-state index contributed by atoms with van der Waals surface area (Å²) in [5, 5.41) is 0. The van der Waals surface area contributed by atoms with E-state index >= 15 is 4.39 Å². The lowest BCUT2D eigenvalue weighted by atomic mass is 9.77. The van der Waals surface area contributed by atoms with Gasteiger partial charge in [-0.1, -0.05) is 47.8 Å². The molecule has 4 rings (SSSR count). The summed E-state index contributed by atoms with van der Waals surface area (Å²) >= 11 is 2.27. The summed E-state index contributed by atoms with van der Waals surface area (Å²) in [6.07, 6.45) is 3.18. The van der Waals surface area contributed by atoms with E-state index in [1.54, 1.807) is 6.07 Å². The molecule has 0 saturated heterocycles. The average Bonchev–Trinajstić information content (AvgIpc) is 2.69. The van der Waals surface area contributed by atoms with Crippen LogP contribution in [0.5, 0.6) is 0 Å². The fraction of sp³-hybridized carbons (Fsp3) is 0.185. The van der Waals surface area contributed by atoms with Crippen molar-refractivity contribution in [3.8, 4) is 23.7 Å². The first-order valence-electron chi connectivity index (χ1n) is 9.79. The lowest BCUT2D eigenvalue weighted by Gasteiger charge is -2.27. The van der Waals surface area contributed by atoms with Gasteiger partial charge in [0.25, 0.3) is 0 Å². The fourth-order valence-electron chi connectivity index (χ4n) is 3.34. The van der Waals surface area contributed by atoms with Gasteiger partial charge in [-0.15, -0.1) is 0 Å². The maximum absolute atomic E-state index is 15.4. The molecule has 0 radical (unpaired) electrons. The number of rotatable bonds is 1. The summed E-state index contributed by atoms with van der Waals surface area (Å²) in [4.78, 5) is 0. The van der Waals surface area contributed by atoms with Crippen LogP contribution < -0.4 is 0 Å². The average molecular weight is 490 g/mol. The van der Waals surface area contributed by atoms with Crippen LogP contribution in [0.1, 0.15) is 58.6 Å². The highest BCUT2D eigenvalue weighted by atomic mass is 127. The third-order valence-corrected chi connectivity index (χ3v) is 5.99. The van der Waals surface area contributed by atoms with Gasteiger partial charge in [0.15, 0.2) is 0 Å². The molecule has 0 atom stereocenters. The van der Waals surface area contributed by atoms with Gasteiger partial charge in [0, 0.05) is 25.8 Å². The summed E-state index contributed by atoms with van der Waals surface area (Å²) in [5.74, 6) is 12.5. The van der Waals surface area contributed by atoms with Gasteiger partial charge < -0.3 is 0 Å². The second-order valence-corrected chi connectivity index (χ2v) is 8.63. The second kappa shape index (κ2) is 8.85. The Kier molecular flexibility index (Phi) is 6.02. The first-order valence-corrected chi connectivity index (χ1v) is 10.9. The molecule has 0 bridgehead atoms. The van der Waals surface area contributed by atoms with Gasteiger partial charge in [0.1, 0.15) is 5.82 Å². The Morgan fingerprint density at radius 3 is 1.90 bits per heavy atom. The summed E-state index contributed by atoms with van der Waals surface area (Å²) in [6, 6.07) is 19.7. The number of hydrogen-bond acceptors (Lipinski definition) is 0. The van der Waals surface area contributed by atoms with Crippen LogP contribution in [0.15, 0.2) is 60.7 Å². The summed E-state index contributed by atoms with van der Waals surface area (Å²) in [5.41, 5.74) is 4.99. The molecular formula is C27H20FI. The molecule has 1 aliphatic carbocycles. The van der Waals surface area contributed by atoms with Gasteiger partial charge in [-0.25, -0.2) is 4.39 Å². The summed E-state index contributed by atoms with van der Waals surface area (Å²) in [7, 11) is 0. The van der Waals surface area contributed by atoms with Crippen LogP contribution in [0.4, 0.5) is 4.39 Å². The van der Waals surface area contributed by atoms with E-state index in [9.17, 15) is 0 Å². The standard InChI is InChI=1S/C27H20FI/c1-19-5-7-20(8-6-19)10-14-24-16-15-23(26(27(24)28)22-3-2-4-22)13-9-21-11-17-25(29)18-12-21/h5-8,11-12,15-18,22H,2-4H2,1H3. The second-order valence-electron chi connectivity index (χ2n) is 7.39. The molecule has 1 aliphatic rings. The van der Waals surface area contributed by atoms with Crippen molar-refractivity contribution in [1.29, 1.82) is 0 Å². The van der Waals surface area contributed by atoms with E-state index < -0.39 is 0 Å². The summed E-state index contributed by atoms with van der Waals surface area (Å²) < 4.78 is 16.6. The number of benzene rings is 3. The molecule has 3 aromatic rings. The van der Waals surface area contributed by atoms with Crippen molar-refractivity contribution >= 4 is 22.6 Å². The monoisotopic (exact) mass is 490 g/mol. The molecule has 29 heavy (non-hydrogen) atoms. The Morgan fingerprint density at radius 1 is 0.759 bits per heavy atom. The van der Waals surface area contributed by atoms with E-state index in [2.05, 4.69) is 46.3 Å². The highest BCUT2D eigenvalue weighted by Gasteiger charge is 2.26. The van der Waals surface area contributed by atoms with E-state index in [1.807, 2.05) is 61.5 Å². The van der Waals surface area contributed by atoms with Crippen LogP contribution in [0.3, 0.4) is 0 Å².